The van der Waals surface area contributed by atoms with Gasteiger partial charge >= 0.3 is 13.9 Å². The highest BCUT2D eigenvalue weighted by atomic mass is 31.2. The lowest BCUT2D eigenvalue weighted by Crippen LogP contribution is -2.18. The molecule has 9 N–H and O–H groups in total. The number of carbonyl (C=O) groups excluding carboxylic acids is 1. The van der Waals surface area contributed by atoms with Gasteiger partial charge in [-0.25, -0.2) is 9.36 Å². The Balaban J connectivity index is -0.000000117. The van der Waals surface area contributed by atoms with E-state index < -0.39 is 13.9 Å². The molecule has 0 aromatic rings. The molecule has 0 spiro atoms. The summed E-state index contributed by atoms with van der Waals surface area (Å²) >= 11 is 0. The van der Waals surface area contributed by atoms with Crippen molar-refractivity contribution in [3.05, 3.63) is 0 Å². The third-order valence-corrected chi connectivity index (χ3v) is 0.289. The second-order valence-corrected chi connectivity index (χ2v) is 2.73. The van der Waals surface area contributed by atoms with Crippen LogP contribution in [-0.2, 0) is 4.57 Å². The summed E-state index contributed by atoms with van der Waals surface area (Å²) < 4.78 is 8.88. The van der Waals surface area contributed by atoms with Crippen LogP contribution in [0.15, 0.2) is 0 Å². The van der Waals surface area contributed by atoms with Gasteiger partial charge in [-0.1, -0.05) is 6.92 Å². The smallest absolute Gasteiger partial charge is 0.352 e. The summed E-state index contributed by atoms with van der Waals surface area (Å²) in [7, 11) is -4.64. The lowest BCUT2D eigenvalue weighted by Gasteiger charge is -1.82. The van der Waals surface area contributed by atoms with Gasteiger partial charge < -0.3 is 31.9 Å². The summed E-state index contributed by atoms with van der Waals surface area (Å²) in [5.41, 5.74) is 13.5. The van der Waals surface area contributed by atoms with Crippen LogP contribution in [0.2, 0.25) is 0 Å². The minimum Gasteiger partial charge on any atom is -0.352 e. The molecule has 0 aromatic heterocycles. The molecular formula is C4H16N3O5P. The molecule has 8 nitrogen and oxygen atoms in total. The van der Waals surface area contributed by atoms with Crippen LogP contribution in [0.1, 0.15) is 13.3 Å². The van der Waals surface area contributed by atoms with Gasteiger partial charge in [0, 0.05) is 0 Å². The monoisotopic (exact) mass is 217 g/mol. The predicted molar refractivity (Wildman–Crippen MR) is 47.4 cm³/mol. The second kappa shape index (κ2) is 11.3. The summed E-state index contributed by atoms with van der Waals surface area (Å²) in [6.45, 7) is 2.88. The van der Waals surface area contributed by atoms with E-state index in [0.29, 0.717) is 0 Å². The quantitative estimate of drug-likeness (QED) is 0.290. The summed E-state index contributed by atoms with van der Waals surface area (Å²) in [6, 6.07) is -0.833. The maximum Gasteiger partial charge on any atom is 0.466 e. The third-order valence-electron chi connectivity index (χ3n) is 0.289. The molecular weight excluding hydrogens is 201 g/mol. The first-order valence-electron chi connectivity index (χ1n) is 3.18. The standard InChI is InChI=1S/C3H9N.CH4N2O.H3O4P/c1-2-3-4;2-1(3)4;1-5(2,3)4/h2-4H2,1H3;(H4,2,3,4);(H3,1,2,3,4). The third kappa shape index (κ3) is 8560. The number of urea groups is 1. The second-order valence-electron chi connectivity index (χ2n) is 1.70. The molecule has 0 unspecified atom stereocenters. The van der Waals surface area contributed by atoms with Crippen LogP contribution in [0.4, 0.5) is 4.79 Å². The van der Waals surface area contributed by atoms with E-state index in [0.717, 1.165) is 13.0 Å². The highest BCUT2D eigenvalue weighted by Crippen LogP contribution is 2.25. The summed E-state index contributed by atoms with van der Waals surface area (Å²) in [4.78, 5) is 30.6. The molecule has 82 valence electrons. The molecule has 0 saturated carbocycles. The number of rotatable bonds is 1. The lowest BCUT2D eigenvalue weighted by atomic mass is 10.5. The van der Waals surface area contributed by atoms with Crippen LogP contribution in [-0.4, -0.2) is 27.3 Å². The zero-order chi connectivity index (χ0) is 11.5. The first-order chi connectivity index (χ1) is 5.65. The van der Waals surface area contributed by atoms with Gasteiger partial charge in [-0.05, 0) is 13.0 Å². The molecule has 2 amide bonds. The normalized spacial score (nSPS) is 8.69. The van der Waals surface area contributed by atoms with Crippen molar-refractivity contribution in [1.82, 2.24) is 0 Å². The summed E-state index contributed by atoms with van der Waals surface area (Å²) in [6.07, 6.45) is 1.10. The molecule has 0 aliphatic carbocycles. The Bertz CT molecular complexity index is 144. The van der Waals surface area contributed by atoms with Crippen molar-refractivity contribution in [3.63, 3.8) is 0 Å². The molecule has 0 heterocycles. The number of hydrogen-bond donors (Lipinski definition) is 6. The van der Waals surface area contributed by atoms with E-state index in [-0.39, 0.29) is 0 Å². The molecule has 0 aliphatic rings. The largest absolute Gasteiger partial charge is 0.466 e. The van der Waals surface area contributed by atoms with Gasteiger partial charge in [0.1, 0.15) is 0 Å². The van der Waals surface area contributed by atoms with Crippen LogP contribution in [0.5, 0.6) is 0 Å². The van der Waals surface area contributed by atoms with Crippen molar-refractivity contribution >= 4 is 13.9 Å². The van der Waals surface area contributed by atoms with E-state index in [1.165, 1.54) is 0 Å². The molecule has 0 atom stereocenters. The molecule has 0 radical (unpaired) electrons. The van der Waals surface area contributed by atoms with Gasteiger partial charge in [0.15, 0.2) is 0 Å². The first kappa shape index (κ1) is 18.2. The number of nitrogens with two attached hydrogens (primary N) is 3. The Morgan fingerprint density at radius 3 is 1.38 bits per heavy atom. The van der Waals surface area contributed by atoms with Gasteiger partial charge in [-0.2, -0.15) is 0 Å². The molecule has 13 heavy (non-hydrogen) atoms. The fraction of sp³-hybridized carbons (Fsp3) is 0.750. The van der Waals surface area contributed by atoms with E-state index in [4.69, 9.17) is 29.8 Å². The van der Waals surface area contributed by atoms with E-state index in [2.05, 4.69) is 18.4 Å². The maximum atomic E-state index is 9.00. The van der Waals surface area contributed by atoms with Crippen LogP contribution < -0.4 is 17.2 Å². The van der Waals surface area contributed by atoms with Gasteiger partial charge in [-0.3, -0.25) is 0 Å². The minimum absolute atomic E-state index is 0.819. The van der Waals surface area contributed by atoms with E-state index in [1.807, 2.05) is 0 Å². The van der Waals surface area contributed by atoms with Crippen LogP contribution in [0.25, 0.3) is 0 Å². The average Bonchev–Trinajstić information content (AvgIpc) is 1.82. The van der Waals surface area contributed by atoms with Crippen LogP contribution in [0.3, 0.4) is 0 Å². The van der Waals surface area contributed by atoms with E-state index >= 15 is 0 Å². The lowest BCUT2D eigenvalue weighted by molar-refractivity contribution is 0.256. The molecule has 0 aliphatic heterocycles. The van der Waals surface area contributed by atoms with Gasteiger partial charge in [-0.15, -0.1) is 0 Å². The highest BCUT2D eigenvalue weighted by Gasteiger charge is 2.00. The molecule has 0 bridgehead atoms. The Labute approximate surface area is 76.0 Å². The number of phosphoric acid groups is 1. The fourth-order valence-electron chi connectivity index (χ4n) is 0. The summed E-state index contributed by atoms with van der Waals surface area (Å²) in [5.74, 6) is 0. The Kier molecular flexibility index (Phi) is 15.9. The maximum absolute atomic E-state index is 9.00. The van der Waals surface area contributed by atoms with Crippen LogP contribution >= 0.6 is 7.82 Å². The van der Waals surface area contributed by atoms with Crippen molar-refractivity contribution in [2.24, 2.45) is 17.2 Å². The topological polar surface area (TPSA) is 173 Å². The zero-order valence-corrected chi connectivity index (χ0v) is 8.15. The molecule has 0 fully saturated rings. The molecule has 0 aromatic carbocycles. The number of primary amides is 2. The SMILES string of the molecule is CCCN.NC(N)=O.O=P(O)(O)O. The van der Waals surface area contributed by atoms with E-state index in [9.17, 15) is 0 Å². The van der Waals surface area contributed by atoms with Gasteiger partial charge in [0.2, 0.25) is 0 Å². The Morgan fingerprint density at radius 1 is 1.31 bits per heavy atom. The predicted octanol–water partition coefficient (Wildman–Crippen LogP) is -1.55. The summed E-state index contributed by atoms with van der Waals surface area (Å²) in [5, 5.41) is 0. The number of hydrogen-bond acceptors (Lipinski definition) is 3. The molecule has 0 saturated heterocycles. The van der Waals surface area contributed by atoms with E-state index in [1.54, 1.807) is 0 Å². The van der Waals surface area contributed by atoms with Gasteiger partial charge in [0.25, 0.3) is 0 Å². The highest BCUT2D eigenvalue weighted by molar-refractivity contribution is 7.45. The minimum atomic E-state index is -4.64. The van der Waals surface area contributed by atoms with Crippen molar-refractivity contribution in [2.75, 3.05) is 6.54 Å². The Hall–Kier alpha value is -0.660. The van der Waals surface area contributed by atoms with Crippen LogP contribution in [0, 0.1) is 0 Å². The van der Waals surface area contributed by atoms with Crippen molar-refractivity contribution in [3.8, 4) is 0 Å². The molecule has 0 rings (SSSR count). The fourth-order valence-corrected chi connectivity index (χ4v) is 0. The Morgan fingerprint density at radius 2 is 1.38 bits per heavy atom. The zero-order valence-electron chi connectivity index (χ0n) is 7.25. The van der Waals surface area contributed by atoms with Crippen molar-refractivity contribution in [1.29, 1.82) is 0 Å². The van der Waals surface area contributed by atoms with Crippen molar-refractivity contribution in [2.45, 2.75) is 13.3 Å². The number of carbonyl (C=O) groups is 1. The first-order valence-corrected chi connectivity index (χ1v) is 4.74. The van der Waals surface area contributed by atoms with Gasteiger partial charge in [0.05, 0.1) is 0 Å². The number of amides is 2. The molecule has 9 heteroatoms. The van der Waals surface area contributed by atoms with Crippen molar-refractivity contribution < 1.29 is 24.0 Å². The average molecular weight is 217 g/mol.